The van der Waals surface area contributed by atoms with E-state index in [0.29, 0.717) is 35.8 Å². The molecule has 0 saturated carbocycles. The van der Waals surface area contributed by atoms with Crippen molar-refractivity contribution in [1.82, 2.24) is 20.8 Å². The van der Waals surface area contributed by atoms with Gasteiger partial charge in [0, 0.05) is 38.0 Å². The van der Waals surface area contributed by atoms with Gasteiger partial charge < -0.3 is 15.2 Å². The van der Waals surface area contributed by atoms with E-state index in [1.165, 1.54) is 17.2 Å². The number of halogens is 1. The first-order valence-electron chi connectivity index (χ1n) is 9.26. The zero-order valence-electron chi connectivity index (χ0n) is 15.6. The number of fused-ring (bicyclic) bond motifs is 1. The quantitative estimate of drug-likeness (QED) is 0.687. The number of nitrogens with one attached hydrogen (secondary N) is 2. The van der Waals surface area contributed by atoms with E-state index in [-0.39, 0.29) is 18.1 Å². The molecule has 1 aromatic heterocycles. The van der Waals surface area contributed by atoms with Gasteiger partial charge >= 0.3 is 0 Å². The first-order chi connectivity index (χ1) is 13.6. The van der Waals surface area contributed by atoms with Gasteiger partial charge in [0.1, 0.15) is 5.82 Å². The van der Waals surface area contributed by atoms with Crippen molar-refractivity contribution in [3.63, 3.8) is 0 Å². The standard InChI is InChI=1S/C21H21FN4O2/c1-13-2-4-15(9-18(13)22)21-25-20(28-26-21)7-6-19(27)24-10-14-3-5-16-11-23-12-17(16)8-14/h2-5,8-9,23H,6-7,10-12H2,1H3,(H,24,27). The van der Waals surface area contributed by atoms with Crippen LogP contribution < -0.4 is 10.6 Å². The lowest BCUT2D eigenvalue weighted by Gasteiger charge is -2.06. The van der Waals surface area contributed by atoms with Gasteiger partial charge in [0.2, 0.25) is 17.6 Å². The van der Waals surface area contributed by atoms with Gasteiger partial charge in [-0.15, -0.1) is 0 Å². The predicted molar refractivity (Wildman–Crippen MR) is 102 cm³/mol. The Morgan fingerprint density at radius 3 is 2.93 bits per heavy atom. The maximum absolute atomic E-state index is 13.7. The van der Waals surface area contributed by atoms with E-state index in [4.69, 9.17) is 4.52 Å². The molecule has 0 bridgehead atoms. The lowest BCUT2D eigenvalue weighted by Crippen LogP contribution is -2.23. The Kier molecular flexibility index (Phi) is 5.16. The molecule has 1 aliphatic rings. The largest absolute Gasteiger partial charge is 0.352 e. The predicted octanol–water partition coefficient (Wildman–Crippen LogP) is 3.04. The molecule has 0 spiro atoms. The molecular weight excluding hydrogens is 359 g/mol. The summed E-state index contributed by atoms with van der Waals surface area (Å²) in [5.74, 6) is 0.279. The second kappa shape index (κ2) is 7.90. The van der Waals surface area contributed by atoms with Crippen LogP contribution in [0.4, 0.5) is 4.39 Å². The molecule has 0 fully saturated rings. The highest BCUT2D eigenvalue weighted by Gasteiger charge is 2.13. The Balaban J connectivity index is 1.29. The second-order valence-electron chi connectivity index (χ2n) is 6.96. The fraction of sp³-hybridized carbons (Fsp3) is 0.286. The number of carbonyl (C=O) groups is 1. The zero-order chi connectivity index (χ0) is 19.5. The number of hydrogen-bond acceptors (Lipinski definition) is 5. The molecule has 0 atom stereocenters. The van der Waals surface area contributed by atoms with E-state index in [1.807, 2.05) is 6.07 Å². The molecule has 7 heteroatoms. The number of rotatable bonds is 6. The van der Waals surface area contributed by atoms with Crippen LogP contribution >= 0.6 is 0 Å². The molecule has 0 radical (unpaired) electrons. The van der Waals surface area contributed by atoms with Crippen molar-refractivity contribution >= 4 is 5.91 Å². The molecule has 2 heterocycles. The van der Waals surface area contributed by atoms with Gasteiger partial charge in [0.25, 0.3) is 0 Å². The molecule has 144 valence electrons. The van der Waals surface area contributed by atoms with Crippen LogP contribution in [0, 0.1) is 12.7 Å². The molecule has 0 unspecified atom stereocenters. The Morgan fingerprint density at radius 2 is 2.07 bits per heavy atom. The molecule has 4 rings (SSSR count). The van der Waals surface area contributed by atoms with E-state index >= 15 is 0 Å². The van der Waals surface area contributed by atoms with Gasteiger partial charge in [-0.25, -0.2) is 4.39 Å². The minimum Gasteiger partial charge on any atom is -0.352 e. The molecule has 2 N–H and O–H groups in total. The summed E-state index contributed by atoms with van der Waals surface area (Å²) >= 11 is 0. The molecule has 0 saturated heterocycles. The first-order valence-corrected chi connectivity index (χ1v) is 9.26. The van der Waals surface area contributed by atoms with E-state index in [9.17, 15) is 9.18 Å². The molecule has 3 aromatic rings. The Bertz CT molecular complexity index is 1020. The summed E-state index contributed by atoms with van der Waals surface area (Å²) in [5.41, 5.74) is 4.79. The number of aryl methyl sites for hydroxylation is 2. The van der Waals surface area contributed by atoms with E-state index in [1.54, 1.807) is 19.1 Å². The Morgan fingerprint density at radius 1 is 1.21 bits per heavy atom. The van der Waals surface area contributed by atoms with Crippen molar-refractivity contribution in [2.45, 2.75) is 39.4 Å². The minimum absolute atomic E-state index is 0.0836. The average Bonchev–Trinajstić information content (AvgIpc) is 3.35. The van der Waals surface area contributed by atoms with Crippen molar-refractivity contribution in [3.8, 4) is 11.4 Å². The molecule has 6 nitrogen and oxygen atoms in total. The molecule has 1 aliphatic heterocycles. The SMILES string of the molecule is Cc1ccc(-c2noc(CCC(=O)NCc3ccc4c(c3)CNC4)n2)cc1F. The van der Waals surface area contributed by atoms with E-state index in [2.05, 4.69) is 32.9 Å². The summed E-state index contributed by atoms with van der Waals surface area (Å²) in [6.07, 6.45) is 0.581. The third-order valence-electron chi connectivity index (χ3n) is 4.86. The van der Waals surface area contributed by atoms with Crippen LogP contribution in [-0.4, -0.2) is 16.0 Å². The summed E-state index contributed by atoms with van der Waals surface area (Å²) in [5, 5.41) is 10.1. The fourth-order valence-electron chi connectivity index (χ4n) is 3.17. The summed E-state index contributed by atoms with van der Waals surface area (Å²) < 4.78 is 18.9. The van der Waals surface area contributed by atoms with Crippen LogP contribution in [0.1, 0.15) is 34.6 Å². The van der Waals surface area contributed by atoms with Crippen LogP contribution in [0.2, 0.25) is 0 Å². The van der Waals surface area contributed by atoms with Gasteiger partial charge in [-0.2, -0.15) is 4.98 Å². The fourth-order valence-corrected chi connectivity index (χ4v) is 3.17. The molecule has 0 aliphatic carbocycles. The van der Waals surface area contributed by atoms with Crippen LogP contribution in [-0.2, 0) is 30.8 Å². The highest BCUT2D eigenvalue weighted by Crippen LogP contribution is 2.19. The number of nitrogens with zero attached hydrogens (tertiary/aromatic N) is 2. The van der Waals surface area contributed by atoms with E-state index in [0.717, 1.165) is 18.7 Å². The average molecular weight is 380 g/mol. The Hall–Kier alpha value is -3.06. The third-order valence-corrected chi connectivity index (χ3v) is 4.86. The summed E-state index contributed by atoms with van der Waals surface area (Å²) in [6, 6.07) is 11.1. The number of aromatic nitrogens is 2. The number of amides is 1. The Labute approximate surface area is 162 Å². The van der Waals surface area contributed by atoms with Gasteiger partial charge in [-0.1, -0.05) is 35.5 Å². The van der Waals surface area contributed by atoms with Crippen molar-refractivity contribution in [1.29, 1.82) is 0 Å². The van der Waals surface area contributed by atoms with Gasteiger partial charge in [-0.3, -0.25) is 4.79 Å². The summed E-state index contributed by atoms with van der Waals surface area (Å²) in [7, 11) is 0. The normalized spacial score (nSPS) is 12.8. The lowest BCUT2D eigenvalue weighted by molar-refractivity contribution is -0.121. The van der Waals surface area contributed by atoms with E-state index < -0.39 is 0 Å². The molecule has 2 aromatic carbocycles. The number of carbonyl (C=O) groups excluding carboxylic acids is 1. The van der Waals surface area contributed by atoms with Crippen molar-refractivity contribution in [2.24, 2.45) is 0 Å². The van der Waals surface area contributed by atoms with Crippen molar-refractivity contribution < 1.29 is 13.7 Å². The molecular formula is C21H21FN4O2. The second-order valence-corrected chi connectivity index (χ2v) is 6.96. The van der Waals surface area contributed by atoms with Gasteiger partial charge in [-0.05, 0) is 35.2 Å². The summed E-state index contributed by atoms with van der Waals surface area (Å²) in [6.45, 7) is 3.97. The number of benzene rings is 2. The monoisotopic (exact) mass is 380 g/mol. The number of hydrogen-bond donors (Lipinski definition) is 2. The lowest BCUT2D eigenvalue weighted by atomic mass is 10.1. The zero-order valence-corrected chi connectivity index (χ0v) is 15.6. The third kappa shape index (κ3) is 4.09. The highest BCUT2D eigenvalue weighted by atomic mass is 19.1. The maximum Gasteiger partial charge on any atom is 0.227 e. The summed E-state index contributed by atoms with van der Waals surface area (Å²) in [4.78, 5) is 16.4. The van der Waals surface area contributed by atoms with Crippen LogP contribution in [0.25, 0.3) is 11.4 Å². The molecule has 1 amide bonds. The van der Waals surface area contributed by atoms with Gasteiger partial charge in [0.05, 0.1) is 0 Å². The van der Waals surface area contributed by atoms with Crippen LogP contribution in [0.15, 0.2) is 40.9 Å². The van der Waals surface area contributed by atoms with Gasteiger partial charge in [0.15, 0.2) is 0 Å². The topological polar surface area (TPSA) is 80.0 Å². The minimum atomic E-state index is -0.314. The van der Waals surface area contributed by atoms with Crippen molar-refractivity contribution in [2.75, 3.05) is 0 Å². The highest BCUT2D eigenvalue weighted by molar-refractivity contribution is 5.76. The van der Waals surface area contributed by atoms with Crippen LogP contribution in [0.5, 0.6) is 0 Å². The van der Waals surface area contributed by atoms with Crippen LogP contribution in [0.3, 0.4) is 0 Å². The molecule has 28 heavy (non-hydrogen) atoms. The van der Waals surface area contributed by atoms with Crippen molar-refractivity contribution in [3.05, 3.63) is 70.4 Å². The smallest absolute Gasteiger partial charge is 0.227 e. The first kappa shape index (κ1) is 18.3. The maximum atomic E-state index is 13.7.